The molecule has 2 aromatic rings. The lowest BCUT2D eigenvalue weighted by Crippen LogP contribution is -2.40. The van der Waals surface area contributed by atoms with Gasteiger partial charge in [0.05, 0.1) is 18.1 Å². The van der Waals surface area contributed by atoms with Crippen LogP contribution in [0.4, 0.5) is 5.13 Å². The fourth-order valence-corrected chi connectivity index (χ4v) is 5.11. The first-order valence-electron chi connectivity index (χ1n) is 9.03. The van der Waals surface area contributed by atoms with Gasteiger partial charge in [-0.1, -0.05) is 23.5 Å². The second kappa shape index (κ2) is 8.08. The number of rotatable bonds is 6. The average molecular weight is 421 g/mol. The van der Waals surface area contributed by atoms with Gasteiger partial charge in [-0.25, -0.2) is 8.42 Å². The van der Waals surface area contributed by atoms with Gasteiger partial charge in [-0.2, -0.15) is 4.31 Å². The number of carbonyl (C=O) groups excluding carboxylic acids is 1. The molecule has 2 heterocycles. The Morgan fingerprint density at radius 2 is 1.89 bits per heavy atom. The minimum absolute atomic E-state index is 0.234. The van der Waals surface area contributed by atoms with E-state index in [1.54, 1.807) is 30.3 Å². The second-order valence-corrected chi connectivity index (χ2v) is 9.57. The number of amides is 1. The molecule has 10 heteroatoms. The summed E-state index contributed by atoms with van der Waals surface area (Å²) in [4.78, 5) is 12.3. The van der Waals surface area contributed by atoms with Crippen LogP contribution in [0.25, 0.3) is 6.08 Å². The smallest absolute Gasteiger partial charge is 0.250 e. The fraction of sp³-hybridized carbons (Fsp3) is 0.389. The average Bonchev–Trinajstić information content (AvgIpc) is 3.47. The van der Waals surface area contributed by atoms with Crippen LogP contribution in [-0.4, -0.2) is 55.1 Å². The predicted octanol–water partition coefficient (Wildman–Crippen LogP) is 2.09. The molecule has 0 bridgehead atoms. The third-order valence-corrected chi connectivity index (χ3v) is 7.43. The van der Waals surface area contributed by atoms with E-state index < -0.39 is 10.0 Å². The lowest BCUT2D eigenvalue weighted by Gasteiger charge is -2.26. The van der Waals surface area contributed by atoms with Gasteiger partial charge in [-0.05, 0) is 36.6 Å². The molecule has 0 atom stereocenters. The number of hydrogen-bond acceptors (Lipinski definition) is 7. The summed E-state index contributed by atoms with van der Waals surface area (Å²) in [5.74, 6) is 0.203. The number of anilines is 1. The summed E-state index contributed by atoms with van der Waals surface area (Å²) in [5, 5.41) is 12.2. The number of nitrogens with zero attached hydrogens (tertiary/aromatic N) is 3. The molecule has 1 saturated heterocycles. The number of carbonyl (C=O) groups is 1. The molecule has 0 spiro atoms. The Morgan fingerprint density at radius 3 is 2.57 bits per heavy atom. The molecule has 1 aromatic heterocycles. The van der Waals surface area contributed by atoms with Gasteiger partial charge in [0.2, 0.25) is 21.1 Å². The number of aromatic nitrogens is 2. The van der Waals surface area contributed by atoms with Gasteiger partial charge in [0, 0.05) is 25.1 Å². The molecule has 1 saturated carbocycles. The standard InChI is InChI=1S/C18H20N4O4S2/c23-16(19-18-21-20-17(27-18)14-4-5-14)8-3-13-1-6-15(7-2-13)28(24,25)22-9-11-26-12-10-22/h1-3,6-8,14H,4-5,9-12H2,(H,19,21,23)/b8-3+. The molecule has 0 unspecified atom stereocenters. The van der Waals surface area contributed by atoms with Crippen molar-refractivity contribution in [1.82, 2.24) is 14.5 Å². The minimum atomic E-state index is -3.51. The monoisotopic (exact) mass is 420 g/mol. The van der Waals surface area contributed by atoms with Gasteiger partial charge in [0.25, 0.3) is 0 Å². The van der Waals surface area contributed by atoms with Crippen molar-refractivity contribution in [2.24, 2.45) is 0 Å². The Labute approximate surface area is 167 Å². The molecular formula is C18H20N4O4S2. The highest BCUT2D eigenvalue weighted by Gasteiger charge is 2.28. The summed E-state index contributed by atoms with van der Waals surface area (Å²) < 4.78 is 31.8. The van der Waals surface area contributed by atoms with Crippen LogP contribution in [0.2, 0.25) is 0 Å². The normalized spacial score (nSPS) is 18.4. The zero-order valence-corrected chi connectivity index (χ0v) is 16.7. The highest BCUT2D eigenvalue weighted by atomic mass is 32.2. The van der Waals surface area contributed by atoms with E-state index in [0.717, 1.165) is 23.4 Å². The van der Waals surface area contributed by atoms with Crippen molar-refractivity contribution in [3.05, 3.63) is 40.9 Å². The van der Waals surface area contributed by atoms with Crippen LogP contribution in [0.3, 0.4) is 0 Å². The van der Waals surface area contributed by atoms with Crippen LogP contribution >= 0.6 is 11.3 Å². The van der Waals surface area contributed by atoms with Crippen molar-refractivity contribution in [2.45, 2.75) is 23.7 Å². The van der Waals surface area contributed by atoms with E-state index in [9.17, 15) is 13.2 Å². The minimum Gasteiger partial charge on any atom is -0.379 e. The Bertz CT molecular complexity index is 975. The molecule has 1 aliphatic carbocycles. The third-order valence-electron chi connectivity index (χ3n) is 4.51. The molecule has 4 rings (SSSR count). The van der Waals surface area contributed by atoms with Crippen LogP contribution < -0.4 is 5.32 Å². The summed E-state index contributed by atoms with van der Waals surface area (Å²) in [6, 6.07) is 6.45. The van der Waals surface area contributed by atoms with Crippen molar-refractivity contribution in [3.63, 3.8) is 0 Å². The highest BCUT2D eigenvalue weighted by molar-refractivity contribution is 7.89. The molecule has 0 radical (unpaired) electrons. The van der Waals surface area contributed by atoms with Gasteiger partial charge >= 0.3 is 0 Å². The first kappa shape index (κ1) is 19.2. The van der Waals surface area contributed by atoms with Crippen molar-refractivity contribution in [2.75, 3.05) is 31.6 Å². The van der Waals surface area contributed by atoms with Crippen molar-refractivity contribution < 1.29 is 17.9 Å². The van der Waals surface area contributed by atoms with E-state index in [1.165, 1.54) is 21.7 Å². The second-order valence-electron chi connectivity index (χ2n) is 6.63. The van der Waals surface area contributed by atoms with Gasteiger partial charge < -0.3 is 4.74 Å². The largest absolute Gasteiger partial charge is 0.379 e. The lowest BCUT2D eigenvalue weighted by atomic mass is 10.2. The van der Waals surface area contributed by atoms with E-state index in [2.05, 4.69) is 15.5 Å². The van der Waals surface area contributed by atoms with E-state index in [0.29, 0.717) is 37.4 Å². The molecule has 1 aromatic carbocycles. The van der Waals surface area contributed by atoms with Gasteiger partial charge in [-0.3, -0.25) is 10.1 Å². The molecule has 2 fully saturated rings. The fourth-order valence-electron chi connectivity index (χ4n) is 2.79. The van der Waals surface area contributed by atoms with Crippen molar-refractivity contribution in [3.8, 4) is 0 Å². The summed E-state index contributed by atoms with van der Waals surface area (Å²) in [6.07, 6.45) is 5.30. The molecule has 1 amide bonds. The zero-order chi connectivity index (χ0) is 19.6. The quantitative estimate of drug-likeness (QED) is 0.718. The number of nitrogens with one attached hydrogen (secondary N) is 1. The number of hydrogen-bond donors (Lipinski definition) is 1. The molecule has 1 aliphatic heterocycles. The maximum absolute atomic E-state index is 12.6. The number of morpholine rings is 1. The van der Waals surface area contributed by atoms with Crippen molar-refractivity contribution in [1.29, 1.82) is 0 Å². The SMILES string of the molecule is O=C(/C=C/c1ccc(S(=O)(=O)N2CCOCC2)cc1)Nc1nnc(C2CC2)s1. The molecule has 1 N–H and O–H groups in total. The van der Waals surface area contributed by atoms with E-state index in [-0.39, 0.29) is 10.8 Å². The molecule has 2 aliphatic rings. The van der Waals surface area contributed by atoms with Crippen molar-refractivity contribution >= 4 is 38.5 Å². The maximum Gasteiger partial charge on any atom is 0.250 e. The molecular weight excluding hydrogens is 400 g/mol. The molecule has 28 heavy (non-hydrogen) atoms. The number of sulfonamides is 1. The van der Waals surface area contributed by atoms with Crippen LogP contribution in [-0.2, 0) is 19.6 Å². The Kier molecular flexibility index (Phi) is 5.54. The van der Waals surface area contributed by atoms with Crippen LogP contribution in [0.5, 0.6) is 0 Å². The summed E-state index contributed by atoms with van der Waals surface area (Å²) in [7, 11) is -3.51. The van der Waals surface area contributed by atoms with Crippen LogP contribution in [0.15, 0.2) is 35.2 Å². The van der Waals surface area contributed by atoms with E-state index in [1.807, 2.05) is 0 Å². The topological polar surface area (TPSA) is 101 Å². The number of benzene rings is 1. The predicted molar refractivity (Wildman–Crippen MR) is 106 cm³/mol. The molecule has 8 nitrogen and oxygen atoms in total. The van der Waals surface area contributed by atoms with Gasteiger partial charge in [0.15, 0.2) is 0 Å². The van der Waals surface area contributed by atoms with Gasteiger partial charge in [0.1, 0.15) is 5.01 Å². The zero-order valence-electron chi connectivity index (χ0n) is 15.1. The van der Waals surface area contributed by atoms with Gasteiger partial charge in [-0.15, -0.1) is 10.2 Å². The molecule has 148 valence electrons. The summed E-state index contributed by atoms with van der Waals surface area (Å²) in [5.41, 5.74) is 0.729. The Hall–Kier alpha value is -2.14. The van der Waals surface area contributed by atoms with Crippen LogP contribution in [0.1, 0.15) is 29.3 Å². The lowest BCUT2D eigenvalue weighted by molar-refractivity contribution is -0.111. The number of ether oxygens (including phenoxy) is 1. The first-order chi connectivity index (χ1) is 13.5. The first-order valence-corrected chi connectivity index (χ1v) is 11.3. The Morgan fingerprint density at radius 1 is 1.18 bits per heavy atom. The Balaban J connectivity index is 1.37. The van der Waals surface area contributed by atoms with E-state index in [4.69, 9.17) is 4.74 Å². The summed E-state index contributed by atoms with van der Waals surface area (Å²) >= 11 is 1.40. The maximum atomic E-state index is 12.6. The van der Waals surface area contributed by atoms with Crippen LogP contribution in [0, 0.1) is 0 Å². The third kappa shape index (κ3) is 4.46. The van der Waals surface area contributed by atoms with E-state index >= 15 is 0 Å². The highest BCUT2D eigenvalue weighted by Crippen LogP contribution is 2.42. The summed E-state index contributed by atoms with van der Waals surface area (Å²) in [6.45, 7) is 1.54.